The van der Waals surface area contributed by atoms with Gasteiger partial charge in [-0.15, -0.1) is 0 Å². The molecule has 1 aliphatic rings. The molecule has 0 radical (unpaired) electrons. The highest BCUT2D eigenvalue weighted by Gasteiger charge is 2.37. The van der Waals surface area contributed by atoms with E-state index in [4.69, 9.17) is 0 Å². The molecular weight excluding hydrogens is 761 g/mol. The highest BCUT2D eigenvalue weighted by Crippen LogP contribution is 2.53. The third-order valence-electron chi connectivity index (χ3n) is 12.8. The molecule has 2 nitrogen and oxygen atoms in total. The van der Waals surface area contributed by atoms with Gasteiger partial charge in [-0.1, -0.05) is 190 Å². The maximum atomic E-state index is 2.48. The zero-order chi connectivity index (χ0) is 42.3. The Morgan fingerprint density at radius 1 is 0.397 bits per heavy atom. The highest BCUT2D eigenvalue weighted by atomic mass is 15.1. The Labute approximate surface area is 370 Å². The zero-order valence-corrected chi connectivity index (χ0v) is 35.5. The first-order valence-electron chi connectivity index (χ1n) is 21.8. The van der Waals surface area contributed by atoms with Gasteiger partial charge in [-0.3, -0.25) is 0 Å². The molecule has 300 valence electrons. The smallest absolute Gasteiger partial charge is 0.0619 e. The maximum absolute atomic E-state index is 2.48. The summed E-state index contributed by atoms with van der Waals surface area (Å²) in [6.07, 6.45) is 4.40. The van der Waals surface area contributed by atoms with Gasteiger partial charge in [0.1, 0.15) is 0 Å². The largest absolute Gasteiger partial charge is 0.311 e. The zero-order valence-electron chi connectivity index (χ0n) is 35.5. The first-order valence-corrected chi connectivity index (χ1v) is 21.8. The summed E-state index contributed by atoms with van der Waals surface area (Å²) in [4.78, 5) is 2.29. The van der Waals surface area contributed by atoms with E-state index >= 15 is 0 Å². The van der Waals surface area contributed by atoms with Gasteiger partial charge in [0.05, 0.1) is 11.2 Å². The van der Waals surface area contributed by atoms with Crippen LogP contribution in [0.1, 0.15) is 36.1 Å². The normalized spacial score (nSPS) is 12.7. The Balaban J connectivity index is 0.919. The van der Waals surface area contributed by atoms with Gasteiger partial charge in [0.15, 0.2) is 0 Å². The summed E-state index contributed by atoms with van der Waals surface area (Å²) in [6, 6.07) is 83.5. The van der Waals surface area contributed by atoms with Gasteiger partial charge in [-0.2, -0.15) is 0 Å². The fraction of sp³-hybridized carbons (Fsp3) is 0.0492. The SMILES string of the molecule is CC1(C)c2cc(-c3ccc(C=Cc4ccc(N(c5ccccc5)c5ccccc5)cc4)cc3)ccc2-c2cc3c(-c4ccccc4)c(-c4ccccc4)n(-c4ccccc4)c3cc21. The molecule has 0 unspecified atom stereocenters. The van der Waals surface area contributed by atoms with Crippen molar-refractivity contribution < 1.29 is 0 Å². The lowest BCUT2D eigenvalue weighted by Crippen LogP contribution is -2.15. The van der Waals surface area contributed by atoms with E-state index in [2.05, 4.69) is 266 Å². The molecule has 0 spiro atoms. The maximum Gasteiger partial charge on any atom is 0.0619 e. The predicted molar refractivity (Wildman–Crippen MR) is 267 cm³/mol. The summed E-state index contributed by atoms with van der Waals surface area (Å²) in [5.41, 5.74) is 20.6. The molecule has 9 aromatic carbocycles. The van der Waals surface area contributed by atoms with E-state index in [1.165, 1.54) is 72.2 Å². The molecule has 0 fully saturated rings. The Bertz CT molecular complexity index is 3200. The van der Waals surface area contributed by atoms with E-state index < -0.39 is 0 Å². The van der Waals surface area contributed by atoms with Gasteiger partial charge in [-0.05, 0) is 122 Å². The Kier molecular flexibility index (Phi) is 9.55. The van der Waals surface area contributed by atoms with Crippen molar-refractivity contribution in [1.82, 2.24) is 4.57 Å². The van der Waals surface area contributed by atoms with E-state index in [0.29, 0.717) is 0 Å². The van der Waals surface area contributed by atoms with Crippen LogP contribution >= 0.6 is 0 Å². The lowest BCUT2D eigenvalue weighted by molar-refractivity contribution is 0.661. The number of para-hydroxylation sites is 3. The van der Waals surface area contributed by atoms with Crippen LogP contribution in [0.25, 0.3) is 73.4 Å². The van der Waals surface area contributed by atoms with Crippen LogP contribution in [0.15, 0.2) is 231 Å². The third kappa shape index (κ3) is 6.87. The fourth-order valence-electron chi connectivity index (χ4n) is 9.62. The van der Waals surface area contributed by atoms with Gasteiger partial charge in [0.25, 0.3) is 0 Å². The van der Waals surface area contributed by atoms with Crippen molar-refractivity contribution >= 4 is 40.1 Å². The second-order valence-corrected chi connectivity index (χ2v) is 17.0. The van der Waals surface area contributed by atoms with E-state index in [0.717, 1.165) is 28.3 Å². The van der Waals surface area contributed by atoms with Crippen LogP contribution in [-0.4, -0.2) is 4.57 Å². The minimum atomic E-state index is -0.197. The minimum Gasteiger partial charge on any atom is -0.311 e. The summed E-state index contributed by atoms with van der Waals surface area (Å²) in [5, 5.41) is 1.26. The molecule has 0 saturated heterocycles. The minimum absolute atomic E-state index is 0.197. The number of rotatable bonds is 9. The molecule has 2 heteroatoms. The Morgan fingerprint density at radius 2 is 0.873 bits per heavy atom. The molecule has 11 rings (SSSR count). The van der Waals surface area contributed by atoms with Crippen LogP contribution in [0, 0.1) is 0 Å². The van der Waals surface area contributed by atoms with Gasteiger partial charge >= 0.3 is 0 Å². The van der Waals surface area contributed by atoms with Crippen molar-refractivity contribution in [3.63, 3.8) is 0 Å². The number of aromatic nitrogens is 1. The highest BCUT2D eigenvalue weighted by molar-refractivity contribution is 6.08. The fourth-order valence-corrected chi connectivity index (χ4v) is 9.62. The van der Waals surface area contributed by atoms with Crippen LogP contribution in [-0.2, 0) is 5.41 Å². The Morgan fingerprint density at radius 3 is 1.46 bits per heavy atom. The van der Waals surface area contributed by atoms with Crippen molar-refractivity contribution in [2.24, 2.45) is 0 Å². The summed E-state index contributed by atoms with van der Waals surface area (Å²) < 4.78 is 2.48. The molecule has 1 heterocycles. The van der Waals surface area contributed by atoms with E-state index in [-0.39, 0.29) is 5.41 Å². The van der Waals surface area contributed by atoms with Crippen molar-refractivity contribution in [3.05, 3.63) is 253 Å². The second kappa shape index (κ2) is 15.8. The van der Waals surface area contributed by atoms with Crippen molar-refractivity contribution in [2.45, 2.75) is 19.3 Å². The topological polar surface area (TPSA) is 8.17 Å². The molecule has 10 aromatic rings. The summed E-state index contributed by atoms with van der Waals surface area (Å²) >= 11 is 0. The Hall–Kier alpha value is -7.94. The monoisotopic (exact) mass is 806 g/mol. The summed E-state index contributed by atoms with van der Waals surface area (Å²) in [5.74, 6) is 0. The summed E-state index contributed by atoms with van der Waals surface area (Å²) in [6.45, 7) is 4.78. The van der Waals surface area contributed by atoms with Crippen molar-refractivity contribution in [1.29, 1.82) is 0 Å². The van der Waals surface area contributed by atoms with E-state index in [9.17, 15) is 0 Å². The average Bonchev–Trinajstić information content (AvgIpc) is 3.80. The van der Waals surface area contributed by atoms with Gasteiger partial charge in [-0.25, -0.2) is 0 Å². The molecule has 1 aliphatic carbocycles. The van der Waals surface area contributed by atoms with Crippen LogP contribution in [0.2, 0.25) is 0 Å². The molecule has 0 N–H and O–H groups in total. The van der Waals surface area contributed by atoms with Crippen LogP contribution in [0.5, 0.6) is 0 Å². The van der Waals surface area contributed by atoms with E-state index in [1.807, 2.05) is 0 Å². The van der Waals surface area contributed by atoms with Crippen LogP contribution in [0.4, 0.5) is 17.1 Å². The van der Waals surface area contributed by atoms with Crippen LogP contribution in [0.3, 0.4) is 0 Å². The van der Waals surface area contributed by atoms with Crippen LogP contribution < -0.4 is 4.90 Å². The number of fused-ring (bicyclic) bond motifs is 4. The standard InChI is InChI=1S/C61H46N2/c1-61(2)56-40-48(45-34-30-43(31-35-45)28-29-44-32-37-52(38-33-44)62(49-22-12-5-13-23-49)50-24-14-6-15-25-50)36-39-53(56)54-41-55-58(42-57(54)61)63(51-26-16-7-17-27-51)60(47-20-10-4-11-21-47)59(55)46-18-8-3-9-19-46/h3-42H,1-2H3. The lowest BCUT2D eigenvalue weighted by atomic mass is 9.81. The van der Waals surface area contributed by atoms with Gasteiger partial charge in [0.2, 0.25) is 0 Å². The number of nitrogens with zero attached hydrogens (tertiary/aromatic N) is 2. The third-order valence-corrected chi connectivity index (χ3v) is 12.8. The van der Waals surface area contributed by atoms with E-state index in [1.54, 1.807) is 0 Å². The van der Waals surface area contributed by atoms with Crippen molar-refractivity contribution in [3.8, 4) is 50.3 Å². The molecule has 0 saturated carbocycles. The number of benzene rings is 9. The quantitative estimate of drug-likeness (QED) is 0.132. The molecular formula is C61H46N2. The lowest BCUT2D eigenvalue weighted by Gasteiger charge is -2.25. The molecule has 63 heavy (non-hydrogen) atoms. The molecule has 0 atom stereocenters. The number of anilines is 3. The number of hydrogen-bond donors (Lipinski definition) is 0. The van der Waals surface area contributed by atoms with Gasteiger partial charge in [0, 0.05) is 39.1 Å². The molecule has 1 aromatic heterocycles. The first kappa shape index (κ1) is 38.0. The first-order chi connectivity index (χ1) is 31.0. The summed E-state index contributed by atoms with van der Waals surface area (Å²) in [7, 11) is 0. The predicted octanol–water partition coefficient (Wildman–Crippen LogP) is 16.6. The molecule has 0 amide bonds. The number of hydrogen-bond acceptors (Lipinski definition) is 1. The average molecular weight is 807 g/mol. The molecule has 0 bridgehead atoms. The van der Waals surface area contributed by atoms with Crippen molar-refractivity contribution in [2.75, 3.05) is 4.90 Å². The second-order valence-electron chi connectivity index (χ2n) is 17.0. The van der Waals surface area contributed by atoms with Gasteiger partial charge < -0.3 is 9.47 Å². The molecule has 0 aliphatic heterocycles.